The Bertz CT molecular complexity index is 312. The monoisotopic (exact) mass is 196 g/mol. The lowest BCUT2D eigenvalue weighted by Crippen LogP contribution is -2.11. The molecule has 3 heteroatoms. The number of fused-ring (bicyclic) bond motifs is 1. The second-order valence-corrected chi connectivity index (χ2v) is 3.51. The van der Waals surface area contributed by atoms with Crippen LogP contribution < -0.4 is 9.47 Å². The van der Waals surface area contributed by atoms with E-state index in [1.165, 1.54) is 5.56 Å². The summed E-state index contributed by atoms with van der Waals surface area (Å²) in [6.45, 7) is 1.89. The lowest BCUT2D eigenvalue weighted by atomic mass is 10.1. The van der Waals surface area contributed by atoms with Gasteiger partial charge in [-0.3, -0.25) is 0 Å². The van der Waals surface area contributed by atoms with Crippen molar-refractivity contribution in [2.24, 2.45) is 0 Å². The standard InChI is InChI=1S/C10H12O2S/c1-7-11-9-3-2-8(4-5-13)6-10(9)12-7/h2-3,6-7,13H,4-5H2,1H3. The van der Waals surface area contributed by atoms with E-state index in [0.29, 0.717) is 0 Å². The second-order valence-electron chi connectivity index (χ2n) is 3.06. The minimum atomic E-state index is -0.152. The van der Waals surface area contributed by atoms with Gasteiger partial charge in [0.15, 0.2) is 11.5 Å². The summed E-state index contributed by atoms with van der Waals surface area (Å²) in [5, 5.41) is 0. The topological polar surface area (TPSA) is 18.5 Å². The zero-order valence-corrected chi connectivity index (χ0v) is 8.38. The zero-order chi connectivity index (χ0) is 9.26. The fourth-order valence-corrected chi connectivity index (χ4v) is 1.67. The first-order valence-electron chi connectivity index (χ1n) is 4.36. The molecule has 13 heavy (non-hydrogen) atoms. The SMILES string of the molecule is CC1Oc2ccc(CCS)cc2O1. The number of aryl methyl sites for hydroxylation is 1. The van der Waals surface area contributed by atoms with E-state index in [1.807, 2.05) is 19.1 Å². The van der Waals surface area contributed by atoms with E-state index in [1.54, 1.807) is 0 Å². The molecule has 0 radical (unpaired) electrons. The third-order valence-corrected chi connectivity index (χ3v) is 2.22. The Balaban J connectivity index is 2.24. The van der Waals surface area contributed by atoms with E-state index in [-0.39, 0.29) is 6.29 Å². The van der Waals surface area contributed by atoms with E-state index in [2.05, 4.69) is 18.7 Å². The molecule has 1 aromatic carbocycles. The summed E-state index contributed by atoms with van der Waals surface area (Å²) >= 11 is 4.18. The lowest BCUT2D eigenvalue weighted by molar-refractivity contribution is 0.0678. The van der Waals surface area contributed by atoms with Crippen LogP contribution in [0.15, 0.2) is 18.2 Å². The average Bonchev–Trinajstić information content (AvgIpc) is 2.44. The molecule has 1 aromatic rings. The lowest BCUT2D eigenvalue weighted by Gasteiger charge is -2.00. The smallest absolute Gasteiger partial charge is 0.238 e. The third kappa shape index (κ3) is 1.75. The molecule has 2 rings (SSSR count). The summed E-state index contributed by atoms with van der Waals surface area (Å²) in [6.07, 6.45) is 0.815. The van der Waals surface area contributed by atoms with Crippen molar-refractivity contribution in [3.05, 3.63) is 23.8 Å². The fourth-order valence-electron chi connectivity index (χ4n) is 1.41. The molecule has 0 bridgehead atoms. The zero-order valence-electron chi connectivity index (χ0n) is 7.49. The molecule has 0 saturated carbocycles. The van der Waals surface area contributed by atoms with Gasteiger partial charge < -0.3 is 9.47 Å². The highest BCUT2D eigenvalue weighted by Crippen LogP contribution is 2.35. The van der Waals surface area contributed by atoms with Crippen LogP contribution in [0, 0.1) is 0 Å². The van der Waals surface area contributed by atoms with Crippen molar-refractivity contribution in [3.63, 3.8) is 0 Å². The van der Waals surface area contributed by atoms with E-state index < -0.39 is 0 Å². The van der Waals surface area contributed by atoms with Gasteiger partial charge in [0, 0.05) is 6.92 Å². The first-order chi connectivity index (χ1) is 6.29. The average molecular weight is 196 g/mol. The van der Waals surface area contributed by atoms with Crippen molar-refractivity contribution < 1.29 is 9.47 Å². The molecule has 1 aliphatic heterocycles. The van der Waals surface area contributed by atoms with Crippen LogP contribution in [0.2, 0.25) is 0 Å². The summed E-state index contributed by atoms with van der Waals surface area (Å²) in [6, 6.07) is 6.03. The van der Waals surface area contributed by atoms with E-state index in [9.17, 15) is 0 Å². The Morgan fingerprint density at radius 1 is 1.31 bits per heavy atom. The summed E-state index contributed by atoms with van der Waals surface area (Å²) in [7, 11) is 0. The summed E-state index contributed by atoms with van der Waals surface area (Å²) in [5.41, 5.74) is 1.24. The second kappa shape index (κ2) is 3.50. The van der Waals surface area contributed by atoms with Crippen LogP contribution in [0.4, 0.5) is 0 Å². The largest absolute Gasteiger partial charge is 0.451 e. The van der Waals surface area contributed by atoms with Crippen LogP contribution in [0.25, 0.3) is 0 Å². The molecule has 0 saturated heterocycles. The predicted octanol–water partition coefficient (Wildman–Crippen LogP) is 2.28. The number of rotatable bonds is 2. The molecule has 1 atom stereocenters. The van der Waals surface area contributed by atoms with Crippen molar-refractivity contribution in [3.8, 4) is 11.5 Å². The third-order valence-electron chi connectivity index (χ3n) is 1.99. The summed E-state index contributed by atoms with van der Waals surface area (Å²) in [4.78, 5) is 0. The van der Waals surface area contributed by atoms with Crippen molar-refractivity contribution in [2.45, 2.75) is 19.6 Å². The number of benzene rings is 1. The predicted molar refractivity (Wildman–Crippen MR) is 54.7 cm³/mol. The van der Waals surface area contributed by atoms with Gasteiger partial charge in [-0.25, -0.2) is 0 Å². The van der Waals surface area contributed by atoms with Crippen LogP contribution in [-0.4, -0.2) is 12.0 Å². The van der Waals surface area contributed by atoms with Crippen LogP contribution in [-0.2, 0) is 6.42 Å². The van der Waals surface area contributed by atoms with Crippen LogP contribution in [0.1, 0.15) is 12.5 Å². The molecular formula is C10H12O2S. The molecule has 1 aliphatic rings. The van der Waals surface area contributed by atoms with Crippen molar-refractivity contribution >= 4 is 12.6 Å². The molecule has 2 nitrogen and oxygen atoms in total. The molecular weight excluding hydrogens is 184 g/mol. The normalized spacial score (nSPS) is 19.1. The number of hydrogen-bond donors (Lipinski definition) is 1. The Morgan fingerprint density at radius 3 is 2.85 bits per heavy atom. The molecule has 0 spiro atoms. The Kier molecular flexibility index (Phi) is 2.36. The molecule has 1 heterocycles. The molecule has 0 aromatic heterocycles. The van der Waals surface area contributed by atoms with Crippen LogP contribution in [0.5, 0.6) is 11.5 Å². The maximum atomic E-state index is 5.45. The first-order valence-corrected chi connectivity index (χ1v) is 5.00. The van der Waals surface area contributed by atoms with Gasteiger partial charge in [0.05, 0.1) is 0 Å². The van der Waals surface area contributed by atoms with Gasteiger partial charge in [0.25, 0.3) is 0 Å². The molecule has 0 N–H and O–H groups in total. The highest BCUT2D eigenvalue weighted by Gasteiger charge is 2.19. The van der Waals surface area contributed by atoms with Crippen molar-refractivity contribution in [1.29, 1.82) is 0 Å². The van der Waals surface area contributed by atoms with Gasteiger partial charge in [0.1, 0.15) is 0 Å². The van der Waals surface area contributed by atoms with Gasteiger partial charge in [0.2, 0.25) is 6.29 Å². The van der Waals surface area contributed by atoms with E-state index in [0.717, 1.165) is 23.7 Å². The Labute approximate surface area is 83.3 Å². The Hall–Kier alpha value is -0.830. The van der Waals surface area contributed by atoms with Gasteiger partial charge in [-0.15, -0.1) is 0 Å². The fraction of sp³-hybridized carbons (Fsp3) is 0.400. The molecule has 0 fully saturated rings. The highest BCUT2D eigenvalue weighted by atomic mass is 32.1. The molecule has 0 amide bonds. The van der Waals surface area contributed by atoms with Crippen molar-refractivity contribution in [2.75, 3.05) is 5.75 Å². The number of ether oxygens (including phenoxy) is 2. The minimum Gasteiger partial charge on any atom is -0.451 e. The van der Waals surface area contributed by atoms with Gasteiger partial charge in [-0.1, -0.05) is 6.07 Å². The van der Waals surface area contributed by atoms with Gasteiger partial charge in [-0.05, 0) is 29.9 Å². The van der Waals surface area contributed by atoms with E-state index in [4.69, 9.17) is 9.47 Å². The summed E-state index contributed by atoms with van der Waals surface area (Å²) < 4.78 is 10.8. The molecule has 0 aliphatic carbocycles. The quantitative estimate of drug-likeness (QED) is 0.731. The number of hydrogen-bond acceptors (Lipinski definition) is 3. The number of thiol groups is 1. The van der Waals surface area contributed by atoms with Gasteiger partial charge in [-0.2, -0.15) is 12.6 Å². The van der Waals surface area contributed by atoms with Crippen LogP contribution >= 0.6 is 12.6 Å². The first kappa shape index (κ1) is 8.75. The molecule has 1 unspecified atom stereocenters. The summed E-state index contributed by atoms with van der Waals surface area (Å²) in [5.74, 6) is 2.55. The minimum absolute atomic E-state index is 0.152. The van der Waals surface area contributed by atoms with Crippen LogP contribution in [0.3, 0.4) is 0 Å². The van der Waals surface area contributed by atoms with E-state index >= 15 is 0 Å². The Morgan fingerprint density at radius 2 is 2.08 bits per heavy atom. The highest BCUT2D eigenvalue weighted by molar-refractivity contribution is 7.80. The van der Waals surface area contributed by atoms with Gasteiger partial charge >= 0.3 is 0 Å². The van der Waals surface area contributed by atoms with Crippen molar-refractivity contribution in [1.82, 2.24) is 0 Å². The maximum absolute atomic E-state index is 5.45. The molecule has 70 valence electrons. The maximum Gasteiger partial charge on any atom is 0.238 e.